The highest BCUT2D eigenvalue weighted by Crippen LogP contribution is 2.39. The van der Waals surface area contributed by atoms with Gasteiger partial charge in [-0.2, -0.15) is 4.98 Å². The minimum atomic E-state index is -0.606. The van der Waals surface area contributed by atoms with E-state index in [1.807, 2.05) is 20.8 Å². The maximum atomic E-state index is 12.3. The van der Waals surface area contributed by atoms with Crippen LogP contribution in [0.15, 0.2) is 17.1 Å². The second kappa shape index (κ2) is 7.05. The Hall–Kier alpha value is -1.44. The van der Waals surface area contributed by atoms with Gasteiger partial charge >= 0.3 is 5.69 Å². The number of nitrogen functional groups attached to an aromatic ring is 1. The summed E-state index contributed by atoms with van der Waals surface area (Å²) in [6, 6.07) is 1.58. The topological polar surface area (TPSA) is 88.6 Å². The van der Waals surface area contributed by atoms with E-state index in [2.05, 4.69) is 25.8 Å². The number of aromatic nitrogens is 2. The molecule has 1 aliphatic heterocycles. The van der Waals surface area contributed by atoms with Gasteiger partial charge < -0.3 is 19.9 Å². The standard InChI is InChI=1S/C18H31N3O4/c1-17(2,3)10-11-13(25-18(4,5)6)14(23-7)15(24-11)21-9-8-12(19)20-16(21)22/h8-9,11,13-15H,10H2,1-7H3,(H2,19,20,22)/t11-,13-,14-,15-/m1/s1. The number of methoxy groups -OCH3 is 1. The first kappa shape index (κ1) is 19.9. The number of nitrogens with two attached hydrogens (primary N) is 1. The minimum Gasteiger partial charge on any atom is -0.383 e. The predicted molar refractivity (Wildman–Crippen MR) is 96.3 cm³/mol. The lowest BCUT2D eigenvalue weighted by Gasteiger charge is -2.32. The first-order chi connectivity index (χ1) is 11.4. The van der Waals surface area contributed by atoms with Crippen molar-refractivity contribution in [3.63, 3.8) is 0 Å². The smallest absolute Gasteiger partial charge is 0.351 e. The normalized spacial score (nSPS) is 27.6. The Morgan fingerprint density at radius 1 is 1.24 bits per heavy atom. The van der Waals surface area contributed by atoms with Crippen LogP contribution in [0, 0.1) is 5.41 Å². The predicted octanol–water partition coefficient (Wildman–Crippen LogP) is 2.36. The Balaban J connectivity index is 2.39. The second-order valence-electron chi connectivity index (χ2n) is 8.77. The van der Waals surface area contributed by atoms with E-state index >= 15 is 0 Å². The van der Waals surface area contributed by atoms with Gasteiger partial charge in [0.05, 0.1) is 11.7 Å². The summed E-state index contributed by atoms with van der Waals surface area (Å²) in [5.41, 5.74) is 4.82. The van der Waals surface area contributed by atoms with Gasteiger partial charge in [0.15, 0.2) is 6.23 Å². The molecule has 0 amide bonds. The molecule has 1 aromatic rings. The maximum Gasteiger partial charge on any atom is 0.351 e. The molecule has 2 N–H and O–H groups in total. The monoisotopic (exact) mass is 353 g/mol. The third-order valence-corrected chi connectivity index (χ3v) is 3.99. The van der Waals surface area contributed by atoms with Crippen molar-refractivity contribution in [3.05, 3.63) is 22.7 Å². The molecule has 0 spiro atoms. The van der Waals surface area contributed by atoms with Crippen LogP contribution < -0.4 is 11.4 Å². The molecule has 7 nitrogen and oxygen atoms in total. The number of hydrogen-bond donors (Lipinski definition) is 1. The van der Waals surface area contributed by atoms with Crippen molar-refractivity contribution in [2.24, 2.45) is 5.41 Å². The molecule has 0 saturated carbocycles. The lowest BCUT2D eigenvalue weighted by molar-refractivity contribution is -0.124. The fourth-order valence-corrected chi connectivity index (χ4v) is 3.12. The number of nitrogens with zero attached hydrogens (tertiary/aromatic N) is 2. The summed E-state index contributed by atoms with van der Waals surface area (Å²) in [6.07, 6.45) is 0.855. The molecule has 0 bridgehead atoms. The van der Waals surface area contributed by atoms with Gasteiger partial charge in [-0.15, -0.1) is 0 Å². The van der Waals surface area contributed by atoms with E-state index in [9.17, 15) is 4.79 Å². The van der Waals surface area contributed by atoms with E-state index in [-0.39, 0.29) is 29.0 Å². The lowest BCUT2D eigenvalue weighted by Crippen LogP contribution is -2.43. The van der Waals surface area contributed by atoms with Crippen LogP contribution >= 0.6 is 0 Å². The van der Waals surface area contributed by atoms with Gasteiger partial charge in [0.1, 0.15) is 18.0 Å². The summed E-state index contributed by atoms with van der Waals surface area (Å²) in [6.45, 7) is 12.4. The quantitative estimate of drug-likeness (QED) is 0.894. The van der Waals surface area contributed by atoms with E-state index in [0.29, 0.717) is 0 Å². The zero-order chi connectivity index (χ0) is 19.0. The van der Waals surface area contributed by atoms with Crippen LogP contribution in [-0.2, 0) is 14.2 Å². The highest BCUT2D eigenvalue weighted by molar-refractivity contribution is 5.23. The Kier molecular flexibility index (Phi) is 5.61. The van der Waals surface area contributed by atoms with Crippen molar-refractivity contribution < 1.29 is 14.2 Å². The molecule has 4 atom stereocenters. The summed E-state index contributed by atoms with van der Waals surface area (Å²) in [7, 11) is 1.61. The number of hydrogen-bond acceptors (Lipinski definition) is 6. The summed E-state index contributed by atoms with van der Waals surface area (Å²) in [4.78, 5) is 16.1. The van der Waals surface area contributed by atoms with Gasteiger partial charge in [0, 0.05) is 13.3 Å². The molecule has 142 valence electrons. The van der Waals surface area contributed by atoms with Crippen LogP contribution in [0.5, 0.6) is 0 Å². The van der Waals surface area contributed by atoms with Crippen LogP contribution in [0.3, 0.4) is 0 Å². The maximum absolute atomic E-state index is 12.3. The zero-order valence-corrected chi connectivity index (χ0v) is 16.3. The van der Waals surface area contributed by atoms with Crippen molar-refractivity contribution in [1.29, 1.82) is 0 Å². The number of rotatable bonds is 4. The summed E-state index contributed by atoms with van der Waals surface area (Å²) in [5.74, 6) is 0.182. The van der Waals surface area contributed by atoms with E-state index in [4.69, 9.17) is 19.9 Å². The molecule has 2 rings (SSSR count). The third kappa shape index (κ3) is 5.03. The van der Waals surface area contributed by atoms with Crippen LogP contribution in [0.2, 0.25) is 0 Å². The molecule has 0 unspecified atom stereocenters. The summed E-state index contributed by atoms with van der Waals surface area (Å²) >= 11 is 0. The zero-order valence-electron chi connectivity index (χ0n) is 16.3. The van der Waals surface area contributed by atoms with Gasteiger partial charge in [0.25, 0.3) is 0 Å². The Bertz CT molecular complexity index is 645. The Morgan fingerprint density at radius 2 is 1.88 bits per heavy atom. The SMILES string of the molecule is CO[C@@H]1[C@H](OC(C)(C)C)[C@@H](CC(C)(C)C)O[C@H]1n1ccc(N)nc1=O. The van der Waals surface area contributed by atoms with Crippen LogP contribution in [0.25, 0.3) is 0 Å². The fourth-order valence-electron chi connectivity index (χ4n) is 3.12. The molecule has 0 radical (unpaired) electrons. The van der Waals surface area contributed by atoms with Gasteiger partial charge in [-0.1, -0.05) is 20.8 Å². The van der Waals surface area contributed by atoms with E-state index in [1.54, 1.807) is 19.4 Å². The first-order valence-corrected chi connectivity index (χ1v) is 8.62. The number of anilines is 1. The van der Waals surface area contributed by atoms with Gasteiger partial charge in [-0.3, -0.25) is 4.57 Å². The van der Waals surface area contributed by atoms with E-state index in [0.717, 1.165) is 6.42 Å². The van der Waals surface area contributed by atoms with Crippen molar-refractivity contribution >= 4 is 5.82 Å². The molecular formula is C18H31N3O4. The van der Waals surface area contributed by atoms with Crippen molar-refractivity contribution in [2.45, 2.75) is 78.1 Å². The minimum absolute atomic E-state index is 0.0433. The molecule has 25 heavy (non-hydrogen) atoms. The van der Waals surface area contributed by atoms with E-state index in [1.165, 1.54) is 4.57 Å². The Labute approximate surface area is 149 Å². The van der Waals surface area contributed by atoms with Crippen LogP contribution in [-0.4, -0.2) is 40.6 Å². The molecule has 7 heteroatoms. The third-order valence-electron chi connectivity index (χ3n) is 3.99. The molecule has 1 fully saturated rings. The van der Waals surface area contributed by atoms with Gasteiger partial charge in [-0.05, 0) is 38.7 Å². The molecule has 1 aromatic heterocycles. The van der Waals surface area contributed by atoms with E-state index < -0.39 is 18.0 Å². The van der Waals surface area contributed by atoms with Crippen molar-refractivity contribution in [3.8, 4) is 0 Å². The van der Waals surface area contributed by atoms with Crippen LogP contribution in [0.1, 0.15) is 54.2 Å². The highest BCUT2D eigenvalue weighted by atomic mass is 16.6. The average Bonchev–Trinajstić information content (AvgIpc) is 2.72. The molecule has 0 aromatic carbocycles. The first-order valence-electron chi connectivity index (χ1n) is 8.62. The van der Waals surface area contributed by atoms with Gasteiger partial charge in [-0.25, -0.2) is 4.79 Å². The van der Waals surface area contributed by atoms with Crippen molar-refractivity contribution in [1.82, 2.24) is 9.55 Å². The molecule has 1 saturated heterocycles. The van der Waals surface area contributed by atoms with Crippen LogP contribution in [0.4, 0.5) is 5.82 Å². The summed E-state index contributed by atoms with van der Waals surface area (Å²) < 4.78 is 19.6. The van der Waals surface area contributed by atoms with Gasteiger partial charge in [0.2, 0.25) is 0 Å². The number of ether oxygens (including phenoxy) is 3. The highest BCUT2D eigenvalue weighted by Gasteiger charge is 2.49. The average molecular weight is 353 g/mol. The molecular weight excluding hydrogens is 322 g/mol. The second-order valence-corrected chi connectivity index (χ2v) is 8.77. The lowest BCUT2D eigenvalue weighted by atomic mass is 9.87. The summed E-state index contributed by atoms with van der Waals surface area (Å²) in [5, 5.41) is 0. The Morgan fingerprint density at radius 3 is 2.36 bits per heavy atom. The van der Waals surface area contributed by atoms with Crippen molar-refractivity contribution in [2.75, 3.05) is 12.8 Å². The molecule has 0 aliphatic carbocycles. The largest absolute Gasteiger partial charge is 0.383 e. The molecule has 2 heterocycles. The molecule has 1 aliphatic rings. The fraction of sp³-hybridized carbons (Fsp3) is 0.778.